The van der Waals surface area contributed by atoms with Crippen LogP contribution >= 0.6 is 0 Å². The lowest BCUT2D eigenvalue weighted by Crippen LogP contribution is -2.43. The number of aliphatic imine (C=N–C) groups is 1. The molecule has 1 N–H and O–H groups in total. The molecule has 0 saturated carbocycles. The summed E-state index contributed by atoms with van der Waals surface area (Å²) in [6.45, 7) is 4.90. The first kappa shape index (κ1) is 18.1. The van der Waals surface area contributed by atoms with Crippen LogP contribution in [0.4, 0.5) is 0 Å². The van der Waals surface area contributed by atoms with Gasteiger partial charge in [-0.15, -0.1) is 0 Å². The summed E-state index contributed by atoms with van der Waals surface area (Å²) in [4.78, 5) is 9.25. The largest absolute Gasteiger partial charge is 0.355 e. The average Bonchev–Trinajstić information content (AvgIpc) is 3.31. The molecule has 0 aromatic heterocycles. The third kappa shape index (κ3) is 5.16. The zero-order chi connectivity index (χ0) is 17.5. The van der Waals surface area contributed by atoms with Crippen molar-refractivity contribution in [3.05, 3.63) is 48.0 Å². The van der Waals surface area contributed by atoms with Crippen molar-refractivity contribution in [2.75, 3.05) is 45.5 Å². The molecule has 2 aliphatic rings. The smallest absolute Gasteiger partial charge is 0.193 e. The lowest BCUT2D eigenvalue weighted by Gasteiger charge is -2.25. The Balaban J connectivity index is 1.40. The standard InChI is InChI=1S/C19H28N4OS/c1-20-19(23-13-9-18(15-23)22-11-5-6-12-22)21-10-14-25(24)16-17-7-3-2-4-8-17/h2-8,18H,9-16H2,1H3,(H,20,21). The first-order chi connectivity index (χ1) is 12.3. The number of nitrogens with zero attached hydrogens (tertiary/aromatic N) is 3. The Morgan fingerprint density at radius 1 is 1.28 bits per heavy atom. The van der Waals surface area contributed by atoms with Gasteiger partial charge < -0.3 is 10.2 Å². The Bertz CT molecular complexity index is 624. The van der Waals surface area contributed by atoms with Gasteiger partial charge in [0.15, 0.2) is 5.96 Å². The van der Waals surface area contributed by atoms with E-state index in [1.165, 1.54) is 6.42 Å². The summed E-state index contributed by atoms with van der Waals surface area (Å²) in [5.41, 5.74) is 1.13. The first-order valence-electron chi connectivity index (χ1n) is 9.00. The fraction of sp³-hybridized carbons (Fsp3) is 0.526. The second-order valence-corrected chi connectivity index (χ2v) is 8.14. The highest BCUT2D eigenvalue weighted by Crippen LogP contribution is 2.17. The fourth-order valence-electron chi connectivity index (χ4n) is 3.47. The molecule has 0 spiro atoms. The maximum Gasteiger partial charge on any atom is 0.193 e. The van der Waals surface area contributed by atoms with Crippen molar-refractivity contribution in [2.45, 2.75) is 18.2 Å². The van der Waals surface area contributed by atoms with E-state index in [2.05, 4.69) is 32.3 Å². The maximum atomic E-state index is 12.2. The topological polar surface area (TPSA) is 47.9 Å². The van der Waals surface area contributed by atoms with Gasteiger partial charge in [0, 0.05) is 68.1 Å². The number of likely N-dealkylation sites (tertiary alicyclic amines) is 1. The maximum absolute atomic E-state index is 12.2. The molecule has 0 bridgehead atoms. The Morgan fingerprint density at radius 3 is 2.76 bits per heavy atom. The third-order valence-corrected chi connectivity index (χ3v) is 6.14. The normalized spacial score (nSPS) is 22.5. The molecular weight excluding hydrogens is 332 g/mol. The molecule has 2 unspecified atom stereocenters. The zero-order valence-corrected chi connectivity index (χ0v) is 15.8. The van der Waals surface area contributed by atoms with Gasteiger partial charge in [-0.05, 0) is 12.0 Å². The molecule has 0 amide bonds. The summed E-state index contributed by atoms with van der Waals surface area (Å²) >= 11 is 0. The number of hydrogen-bond donors (Lipinski definition) is 1. The van der Waals surface area contributed by atoms with Crippen molar-refractivity contribution in [2.24, 2.45) is 4.99 Å². The molecule has 2 aliphatic heterocycles. The van der Waals surface area contributed by atoms with Gasteiger partial charge in [0.25, 0.3) is 0 Å². The van der Waals surface area contributed by atoms with Crippen LogP contribution < -0.4 is 5.32 Å². The highest BCUT2D eigenvalue weighted by Gasteiger charge is 2.29. The summed E-state index contributed by atoms with van der Waals surface area (Å²) in [5, 5.41) is 3.39. The molecule has 2 atom stereocenters. The minimum atomic E-state index is -0.852. The predicted octanol–water partition coefficient (Wildman–Crippen LogP) is 1.46. The molecule has 0 radical (unpaired) electrons. The molecule has 5 nitrogen and oxygen atoms in total. The fourth-order valence-corrected chi connectivity index (χ4v) is 4.50. The second-order valence-electron chi connectivity index (χ2n) is 6.56. The van der Waals surface area contributed by atoms with Gasteiger partial charge in [0.05, 0.1) is 0 Å². The molecule has 3 rings (SSSR count). The van der Waals surface area contributed by atoms with Gasteiger partial charge in [-0.2, -0.15) is 0 Å². The predicted molar refractivity (Wildman–Crippen MR) is 105 cm³/mol. The van der Waals surface area contributed by atoms with E-state index in [9.17, 15) is 4.21 Å². The van der Waals surface area contributed by atoms with Gasteiger partial charge in [0.2, 0.25) is 0 Å². The Morgan fingerprint density at radius 2 is 2.04 bits per heavy atom. The monoisotopic (exact) mass is 360 g/mol. The van der Waals surface area contributed by atoms with Crippen molar-refractivity contribution in [1.29, 1.82) is 0 Å². The van der Waals surface area contributed by atoms with E-state index < -0.39 is 10.8 Å². The Labute approximate surface area is 153 Å². The SMILES string of the molecule is CN=C(NCCS(=O)Cc1ccccc1)N1CCC(N2CC=CC2)C1. The van der Waals surface area contributed by atoms with Crippen LogP contribution in [0.5, 0.6) is 0 Å². The molecule has 6 heteroatoms. The van der Waals surface area contributed by atoms with Crippen molar-refractivity contribution < 1.29 is 4.21 Å². The zero-order valence-electron chi connectivity index (χ0n) is 14.9. The summed E-state index contributed by atoms with van der Waals surface area (Å²) in [5.74, 6) is 2.20. The number of rotatable bonds is 6. The van der Waals surface area contributed by atoms with Gasteiger partial charge in [0.1, 0.15) is 0 Å². The van der Waals surface area contributed by atoms with E-state index >= 15 is 0 Å². The molecule has 136 valence electrons. The van der Waals surface area contributed by atoms with Crippen LogP contribution in [0.3, 0.4) is 0 Å². The van der Waals surface area contributed by atoms with Gasteiger partial charge in [-0.25, -0.2) is 0 Å². The van der Waals surface area contributed by atoms with Crippen LogP contribution in [-0.4, -0.2) is 71.5 Å². The molecule has 1 aromatic rings. The van der Waals surface area contributed by atoms with Crippen LogP contribution in [0.15, 0.2) is 47.5 Å². The molecule has 2 heterocycles. The first-order valence-corrected chi connectivity index (χ1v) is 10.5. The third-order valence-electron chi connectivity index (χ3n) is 4.82. The van der Waals surface area contributed by atoms with E-state index in [0.29, 0.717) is 24.1 Å². The number of guanidine groups is 1. The van der Waals surface area contributed by atoms with Crippen LogP contribution in [0.2, 0.25) is 0 Å². The highest BCUT2D eigenvalue weighted by molar-refractivity contribution is 7.84. The quantitative estimate of drug-likeness (QED) is 0.474. The van der Waals surface area contributed by atoms with Crippen molar-refractivity contribution in [3.8, 4) is 0 Å². The summed E-state index contributed by atoms with van der Waals surface area (Å²) in [7, 11) is 0.975. The molecular formula is C19H28N4OS. The molecule has 25 heavy (non-hydrogen) atoms. The highest BCUT2D eigenvalue weighted by atomic mass is 32.2. The number of hydrogen-bond acceptors (Lipinski definition) is 3. The van der Waals surface area contributed by atoms with Crippen molar-refractivity contribution in [3.63, 3.8) is 0 Å². The van der Waals surface area contributed by atoms with Crippen molar-refractivity contribution in [1.82, 2.24) is 15.1 Å². The number of nitrogens with one attached hydrogen (secondary N) is 1. The van der Waals surface area contributed by atoms with E-state index in [0.717, 1.165) is 37.7 Å². The van der Waals surface area contributed by atoms with Crippen LogP contribution in [0.25, 0.3) is 0 Å². The van der Waals surface area contributed by atoms with E-state index in [-0.39, 0.29) is 0 Å². The lowest BCUT2D eigenvalue weighted by molar-refractivity contribution is 0.259. The summed E-state index contributed by atoms with van der Waals surface area (Å²) < 4.78 is 12.2. The van der Waals surface area contributed by atoms with E-state index in [4.69, 9.17) is 0 Å². The molecule has 0 aliphatic carbocycles. The van der Waals surface area contributed by atoms with Crippen molar-refractivity contribution >= 4 is 16.8 Å². The second kappa shape index (κ2) is 9.15. The Hall–Kier alpha value is -1.66. The van der Waals surface area contributed by atoms with Crippen LogP contribution in [0, 0.1) is 0 Å². The van der Waals surface area contributed by atoms with Crippen LogP contribution in [0.1, 0.15) is 12.0 Å². The van der Waals surface area contributed by atoms with Gasteiger partial charge in [-0.3, -0.25) is 14.1 Å². The average molecular weight is 361 g/mol. The molecule has 1 aromatic carbocycles. The minimum absolute atomic E-state index is 0.612. The molecule has 1 fully saturated rings. The van der Waals surface area contributed by atoms with E-state index in [1.807, 2.05) is 37.4 Å². The van der Waals surface area contributed by atoms with E-state index in [1.54, 1.807) is 0 Å². The van der Waals surface area contributed by atoms with Gasteiger partial charge >= 0.3 is 0 Å². The summed E-state index contributed by atoms with van der Waals surface area (Å²) in [6.07, 6.45) is 5.68. The summed E-state index contributed by atoms with van der Waals surface area (Å²) in [6, 6.07) is 10.6. The van der Waals surface area contributed by atoms with Gasteiger partial charge in [-0.1, -0.05) is 42.5 Å². The minimum Gasteiger partial charge on any atom is -0.355 e. The number of benzene rings is 1. The molecule has 1 saturated heterocycles. The lowest BCUT2D eigenvalue weighted by atomic mass is 10.2. The van der Waals surface area contributed by atoms with Crippen LogP contribution in [-0.2, 0) is 16.6 Å². The Kier molecular flexibility index (Phi) is 6.64.